The first kappa shape index (κ1) is 18.4. The molecule has 0 aromatic rings. The van der Waals surface area contributed by atoms with Gasteiger partial charge in [-0.25, -0.2) is 4.79 Å². The quantitative estimate of drug-likeness (QED) is 0.499. The highest BCUT2D eigenvalue weighted by molar-refractivity contribution is 5.79. The monoisotopic (exact) mass is 285 g/mol. The van der Waals surface area contributed by atoms with Crippen molar-refractivity contribution in [2.75, 3.05) is 6.54 Å². The van der Waals surface area contributed by atoms with E-state index < -0.39 is 11.9 Å². The van der Waals surface area contributed by atoms with Crippen LogP contribution in [-0.2, 0) is 9.59 Å². The van der Waals surface area contributed by atoms with Gasteiger partial charge in [-0.15, -0.1) is 0 Å². The highest BCUT2D eigenvalue weighted by atomic mass is 16.2. The summed E-state index contributed by atoms with van der Waals surface area (Å²) in [5.74, 6) is -0.0225. The van der Waals surface area contributed by atoms with Gasteiger partial charge >= 0.3 is 6.03 Å². The van der Waals surface area contributed by atoms with E-state index in [0.717, 1.165) is 25.7 Å². The van der Waals surface area contributed by atoms with Crippen LogP contribution in [0.5, 0.6) is 0 Å². The molecule has 0 aromatic carbocycles. The summed E-state index contributed by atoms with van der Waals surface area (Å²) in [5.41, 5.74) is 5.01. The SMILES string of the molecule is CCCCC(CC)CNC(=O)N[C@H](C=O)CCC(N)=O. The molecule has 0 aliphatic carbocycles. The normalized spacial score (nSPS) is 13.3. The van der Waals surface area contributed by atoms with Crippen molar-refractivity contribution in [3.8, 4) is 0 Å². The molecule has 116 valence electrons. The molecule has 6 heteroatoms. The van der Waals surface area contributed by atoms with E-state index in [-0.39, 0.29) is 18.9 Å². The minimum Gasteiger partial charge on any atom is -0.370 e. The Labute approximate surface area is 120 Å². The maximum Gasteiger partial charge on any atom is 0.315 e. The molecule has 0 aliphatic heterocycles. The maximum absolute atomic E-state index is 11.7. The predicted molar refractivity (Wildman–Crippen MR) is 78.1 cm³/mol. The van der Waals surface area contributed by atoms with Crippen molar-refractivity contribution in [1.29, 1.82) is 0 Å². The number of hydrogen-bond donors (Lipinski definition) is 3. The topological polar surface area (TPSA) is 101 Å². The maximum atomic E-state index is 11.7. The minimum absolute atomic E-state index is 0.0811. The molecule has 6 nitrogen and oxygen atoms in total. The van der Waals surface area contributed by atoms with E-state index in [2.05, 4.69) is 24.5 Å². The second-order valence-corrected chi connectivity index (χ2v) is 5.02. The van der Waals surface area contributed by atoms with Crippen LogP contribution in [0.25, 0.3) is 0 Å². The molecule has 0 spiro atoms. The fourth-order valence-corrected chi connectivity index (χ4v) is 1.87. The third-order valence-corrected chi connectivity index (χ3v) is 3.28. The third-order valence-electron chi connectivity index (χ3n) is 3.28. The molecule has 2 atom stereocenters. The largest absolute Gasteiger partial charge is 0.370 e. The molecular formula is C14H27N3O3. The lowest BCUT2D eigenvalue weighted by Gasteiger charge is -2.17. The lowest BCUT2D eigenvalue weighted by molar-refractivity contribution is -0.118. The Morgan fingerprint density at radius 1 is 1.25 bits per heavy atom. The Balaban J connectivity index is 3.99. The first-order valence-corrected chi connectivity index (χ1v) is 7.31. The zero-order valence-electron chi connectivity index (χ0n) is 12.5. The zero-order valence-corrected chi connectivity index (χ0v) is 12.5. The van der Waals surface area contributed by atoms with Crippen molar-refractivity contribution in [1.82, 2.24) is 10.6 Å². The number of nitrogens with one attached hydrogen (secondary N) is 2. The fraction of sp³-hybridized carbons (Fsp3) is 0.786. The molecule has 0 heterocycles. The Morgan fingerprint density at radius 3 is 2.45 bits per heavy atom. The van der Waals surface area contributed by atoms with Crippen molar-refractivity contribution >= 4 is 18.2 Å². The number of amides is 3. The van der Waals surface area contributed by atoms with Crippen LogP contribution < -0.4 is 16.4 Å². The Bertz CT molecular complexity index is 308. The highest BCUT2D eigenvalue weighted by Crippen LogP contribution is 2.11. The number of carbonyl (C=O) groups excluding carboxylic acids is 3. The summed E-state index contributed by atoms with van der Waals surface area (Å²) in [5, 5.41) is 5.30. The number of unbranched alkanes of at least 4 members (excludes halogenated alkanes) is 1. The van der Waals surface area contributed by atoms with Crippen LogP contribution in [0, 0.1) is 5.92 Å². The number of nitrogens with two attached hydrogens (primary N) is 1. The van der Waals surface area contributed by atoms with Gasteiger partial charge in [0.2, 0.25) is 5.91 Å². The molecule has 0 aliphatic rings. The van der Waals surface area contributed by atoms with E-state index in [9.17, 15) is 14.4 Å². The summed E-state index contributed by atoms with van der Waals surface area (Å²) in [6.07, 6.45) is 5.33. The van der Waals surface area contributed by atoms with Gasteiger partial charge in [0, 0.05) is 13.0 Å². The molecule has 20 heavy (non-hydrogen) atoms. The van der Waals surface area contributed by atoms with E-state index >= 15 is 0 Å². The molecule has 0 saturated carbocycles. The summed E-state index contributed by atoms with van der Waals surface area (Å²) < 4.78 is 0. The molecule has 0 aromatic heterocycles. The number of carbonyl (C=O) groups is 3. The van der Waals surface area contributed by atoms with Crippen molar-refractivity contribution in [2.45, 2.75) is 58.4 Å². The van der Waals surface area contributed by atoms with Crippen molar-refractivity contribution in [3.63, 3.8) is 0 Å². The van der Waals surface area contributed by atoms with Crippen LogP contribution in [0.1, 0.15) is 52.4 Å². The zero-order chi connectivity index (χ0) is 15.4. The smallest absolute Gasteiger partial charge is 0.315 e. The van der Waals surface area contributed by atoms with Gasteiger partial charge in [-0.1, -0.05) is 33.1 Å². The van der Waals surface area contributed by atoms with Crippen molar-refractivity contribution < 1.29 is 14.4 Å². The van der Waals surface area contributed by atoms with Gasteiger partial charge in [0.05, 0.1) is 6.04 Å². The summed E-state index contributed by atoms with van der Waals surface area (Å²) >= 11 is 0. The van der Waals surface area contributed by atoms with E-state index in [1.165, 1.54) is 0 Å². The van der Waals surface area contributed by atoms with Crippen LogP contribution in [-0.4, -0.2) is 30.8 Å². The molecule has 1 unspecified atom stereocenters. The van der Waals surface area contributed by atoms with Crippen LogP contribution in [0.15, 0.2) is 0 Å². The van der Waals surface area contributed by atoms with Crippen LogP contribution in [0.2, 0.25) is 0 Å². The number of primary amides is 1. The van der Waals surface area contributed by atoms with Crippen LogP contribution in [0.4, 0.5) is 4.79 Å². The predicted octanol–water partition coefficient (Wildman–Crippen LogP) is 1.33. The first-order valence-electron chi connectivity index (χ1n) is 7.31. The van der Waals surface area contributed by atoms with E-state index in [4.69, 9.17) is 5.73 Å². The number of aldehydes is 1. The molecule has 3 amide bonds. The van der Waals surface area contributed by atoms with E-state index in [0.29, 0.717) is 18.7 Å². The van der Waals surface area contributed by atoms with Gasteiger partial charge in [-0.2, -0.15) is 0 Å². The molecule has 4 N–H and O–H groups in total. The summed E-state index contributed by atoms with van der Waals surface area (Å²) in [4.78, 5) is 33.1. The van der Waals surface area contributed by atoms with Gasteiger partial charge in [0.15, 0.2) is 0 Å². The van der Waals surface area contributed by atoms with E-state index in [1.807, 2.05) is 0 Å². The number of rotatable bonds is 11. The molecule has 0 bridgehead atoms. The second-order valence-electron chi connectivity index (χ2n) is 5.02. The van der Waals surface area contributed by atoms with Gasteiger partial charge in [0.1, 0.15) is 6.29 Å². The Kier molecular flexibility index (Phi) is 10.4. The summed E-state index contributed by atoms with van der Waals surface area (Å²) in [6, 6.07) is -1.04. The molecule has 0 saturated heterocycles. The van der Waals surface area contributed by atoms with E-state index in [1.54, 1.807) is 0 Å². The van der Waals surface area contributed by atoms with Gasteiger partial charge in [-0.05, 0) is 18.8 Å². The summed E-state index contributed by atoms with van der Waals surface area (Å²) in [7, 11) is 0. The molecule has 0 fully saturated rings. The number of urea groups is 1. The number of hydrogen-bond acceptors (Lipinski definition) is 3. The molecular weight excluding hydrogens is 258 g/mol. The van der Waals surface area contributed by atoms with Gasteiger partial charge in [-0.3, -0.25) is 4.79 Å². The summed E-state index contributed by atoms with van der Waals surface area (Å²) in [6.45, 7) is 4.84. The Hall–Kier alpha value is -1.59. The standard InChI is InChI=1S/C14H27N3O3/c1-3-5-6-11(4-2)9-16-14(20)17-12(10-18)7-8-13(15)19/h10-12H,3-9H2,1-2H3,(H2,15,19)(H2,16,17,20)/t11?,12-/m0/s1. The van der Waals surface area contributed by atoms with Crippen LogP contribution in [0.3, 0.4) is 0 Å². The molecule has 0 radical (unpaired) electrons. The van der Waals surface area contributed by atoms with Crippen molar-refractivity contribution in [2.24, 2.45) is 11.7 Å². The average Bonchev–Trinajstić information content (AvgIpc) is 2.43. The van der Waals surface area contributed by atoms with Crippen molar-refractivity contribution in [3.05, 3.63) is 0 Å². The third kappa shape index (κ3) is 9.35. The van der Waals surface area contributed by atoms with Crippen LogP contribution >= 0.6 is 0 Å². The minimum atomic E-state index is -0.668. The molecule has 0 rings (SSSR count). The second kappa shape index (κ2) is 11.3. The highest BCUT2D eigenvalue weighted by Gasteiger charge is 2.13. The lowest BCUT2D eigenvalue weighted by atomic mass is 9.99. The fourth-order valence-electron chi connectivity index (χ4n) is 1.87. The van der Waals surface area contributed by atoms with Gasteiger partial charge in [0.25, 0.3) is 0 Å². The first-order chi connectivity index (χ1) is 9.53. The Morgan fingerprint density at radius 2 is 1.95 bits per heavy atom. The average molecular weight is 285 g/mol. The lowest BCUT2D eigenvalue weighted by Crippen LogP contribution is -2.44. The van der Waals surface area contributed by atoms with Gasteiger partial charge < -0.3 is 21.2 Å².